The molecular formula is C23H20ClFN2O4S. The molecule has 1 N–H and O–H groups in total. The summed E-state index contributed by atoms with van der Waals surface area (Å²) in [4.78, 5) is 12.3. The standard InChI is InChI=1S/C23H20ClFN2O4S/c24-18-2-1-3-21(13-18)31-15-23(28)26-20-7-4-16-10-11-27(14-17(16)12-20)32(29,30)22-8-5-19(25)6-9-22/h1-9,12-13H,10-11,14-15H2,(H,26,28). The number of halogens is 2. The largest absolute Gasteiger partial charge is 0.484 e. The fourth-order valence-electron chi connectivity index (χ4n) is 3.47. The van der Waals surface area contributed by atoms with Crippen molar-refractivity contribution in [3.05, 3.63) is 88.7 Å². The fraction of sp³-hybridized carbons (Fsp3) is 0.174. The molecular weight excluding hydrogens is 455 g/mol. The number of rotatable bonds is 6. The van der Waals surface area contributed by atoms with Crippen molar-refractivity contribution in [2.24, 2.45) is 0 Å². The minimum atomic E-state index is -3.75. The summed E-state index contributed by atoms with van der Waals surface area (Å²) in [5, 5.41) is 3.27. The van der Waals surface area contributed by atoms with Gasteiger partial charge in [0.2, 0.25) is 10.0 Å². The van der Waals surface area contributed by atoms with Crippen molar-refractivity contribution in [3.8, 4) is 5.75 Å². The molecule has 0 saturated heterocycles. The van der Waals surface area contributed by atoms with Crippen LogP contribution >= 0.6 is 11.6 Å². The molecule has 0 aromatic heterocycles. The fourth-order valence-corrected chi connectivity index (χ4v) is 5.07. The highest BCUT2D eigenvalue weighted by Gasteiger charge is 2.28. The molecule has 6 nitrogen and oxygen atoms in total. The Balaban J connectivity index is 1.43. The zero-order valence-corrected chi connectivity index (χ0v) is 18.5. The maximum absolute atomic E-state index is 13.2. The average Bonchev–Trinajstić information content (AvgIpc) is 2.77. The molecule has 9 heteroatoms. The number of carbonyl (C=O) groups excluding carboxylic acids is 1. The van der Waals surface area contributed by atoms with E-state index in [0.29, 0.717) is 29.4 Å². The molecule has 0 aliphatic carbocycles. The lowest BCUT2D eigenvalue weighted by Crippen LogP contribution is -2.36. The van der Waals surface area contributed by atoms with Gasteiger partial charge >= 0.3 is 0 Å². The van der Waals surface area contributed by atoms with Crippen molar-refractivity contribution in [1.29, 1.82) is 0 Å². The topological polar surface area (TPSA) is 75.7 Å². The van der Waals surface area contributed by atoms with E-state index in [1.807, 2.05) is 6.07 Å². The highest BCUT2D eigenvalue weighted by molar-refractivity contribution is 7.89. The Kier molecular flexibility index (Phi) is 6.45. The molecule has 3 aromatic rings. The number of nitrogens with one attached hydrogen (secondary N) is 1. The highest BCUT2D eigenvalue weighted by Crippen LogP contribution is 2.27. The number of anilines is 1. The summed E-state index contributed by atoms with van der Waals surface area (Å²) in [6.45, 7) is 0.298. The third kappa shape index (κ3) is 5.09. The van der Waals surface area contributed by atoms with Crippen molar-refractivity contribution in [1.82, 2.24) is 4.31 Å². The smallest absolute Gasteiger partial charge is 0.262 e. The van der Waals surface area contributed by atoms with E-state index in [0.717, 1.165) is 23.3 Å². The van der Waals surface area contributed by atoms with Gasteiger partial charge in [-0.1, -0.05) is 23.7 Å². The van der Waals surface area contributed by atoms with Gasteiger partial charge in [0.15, 0.2) is 6.61 Å². The van der Waals surface area contributed by atoms with Gasteiger partial charge in [-0.25, -0.2) is 12.8 Å². The van der Waals surface area contributed by atoms with Crippen molar-refractivity contribution >= 4 is 33.2 Å². The van der Waals surface area contributed by atoms with Gasteiger partial charge in [-0.05, 0) is 72.1 Å². The predicted octanol–water partition coefficient (Wildman–Crippen LogP) is 4.24. The second-order valence-electron chi connectivity index (χ2n) is 7.32. The summed E-state index contributed by atoms with van der Waals surface area (Å²) in [5.74, 6) is -0.357. The maximum atomic E-state index is 13.2. The van der Waals surface area contributed by atoms with E-state index >= 15 is 0 Å². The third-order valence-corrected chi connectivity index (χ3v) is 7.18. The summed E-state index contributed by atoms with van der Waals surface area (Å²) in [6.07, 6.45) is 0.544. The molecule has 32 heavy (non-hydrogen) atoms. The molecule has 4 rings (SSSR count). The molecule has 3 aromatic carbocycles. The Morgan fingerprint density at radius 2 is 1.84 bits per heavy atom. The van der Waals surface area contributed by atoms with Crippen molar-refractivity contribution in [2.45, 2.75) is 17.9 Å². The number of hydrogen-bond acceptors (Lipinski definition) is 4. The SMILES string of the molecule is O=C(COc1cccc(Cl)c1)Nc1ccc2c(c1)CN(S(=O)(=O)c1ccc(F)cc1)CC2. The molecule has 0 atom stereocenters. The van der Waals surface area contributed by atoms with Gasteiger partial charge in [0.05, 0.1) is 4.90 Å². The van der Waals surface area contributed by atoms with Gasteiger partial charge in [0, 0.05) is 23.8 Å². The van der Waals surface area contributed by atoms with Crippen LogP contribution in [0.3, 0.4) is 0 Å². The Hall–Kier alpha value is -2.94. The first kappa shape index (κ1) is 22.3. The first-order valence-corrected chi connectivity index (χ1v) is 11.7. The second-order valence-corrected chi connectivity index (χ2v) is 9.69. The summed E-state index contributed by atoms with van der Waals surface area (Å²) in [6, 6.07) is 17.0. The monoisotopic (exact) mass is 474 g/mol. The molecule has 0 spiro atoms. The van der Waals surface area contributed by atoms with E-state index < -0.39 is 15.8 Å². The van der Waals surface area contributed by atoms with Crippen LogP contribution in [0.2, 0.25) is 5.02 Å². The predicted molar refractivity (Wildman–Crippen MR) is 120 cm³/mol. The lowest BCUT2D eigenvalue weighted by molar-refractivity contribution is -0.118. The van der Waals surface area contributed by atoms with Gasteiger partial charge in [0.25, 0.3) is 5.91 Å². The number of carbonyl (C=O) groups is 1. The van der Waals surface area contributed by atoms with E-state index in [1.54, 1.807) is 36.4 Å². The van der Waals surface area contributed by atoms with Crippen molar-refractivity contribution in [3.63, 3.8) is 0 Å². The Morgan fingerprint density at radius 3 is 2.59 bits per heavy atom. The van der Waals surface area contributed by atoms with Crippen LogP contribution in [0.4, 0.5) is 10.1 Å². The summed E-state index contributed by atoms with van der Waals surface area (Å²) < 4.78 is 45.8. The number of hydrogen-bond donors (Lipinski definition) is 1. The molecule has 1 amide bonds. The molecule has 1 aliphatic rings. The van der Waals surface area contributed by atoms with E-state index in [-0.39, 0.29) is 24.0 Å². The van der Waals surface area contributed by atoms with Crippen molar-refractivity contribution < 1.29 is 22.3 Å². The van der Waals surface area contributed by atoms with Gasteiger partial charge in [0.1, 0.15) is 11.6 Å². The lowest BCUT2D eigenvalue weighted by Gasteiger charge is -2.28. The molecule has 0 bridgehead atoms. The average molecular weight is 475 g/mol. The number of sulfonamides is 1. The number of nitrogens with zero attached hydrogens (tertiary/aromatic N) is 1. The molecule has 0 unspecified atom stereocenters. The van der Waals surface area contributed by atoms with Gasteiger partial charge < -0.3 is 10.1 Å². The minimum absolute atomic E-state index is 0.0463. The van der Waals surface area contributed by atoms with Crippen molar-refractivity contribution in [2.75, 3.05) is 18.5 Å². The second kappa shape index (κ2) is 9.28. The highest BCUT2D eigenvalue weighted by atomic mass is 35.5. The van der Waals surface area contributed by atoms with Crippen LogP contribution in [0.25, 0.3) is 0 Å². The molecule has 0 radical (unpaired) electrons. The van der Waals surface area contributed by atoms with Gasteiger partial charge in [-0.15, -0.1) is 0 Å². The number of amides is 1. The van der Waals surface area contributed by atoms with Crippen LogP contribution < -0.4 is 10.1 Å². The zero-order valence-electron chi connectivity index (χ0n) is 16.9. The Morgan fingerprint density at radius 1 is 1.06 bits per heavy atom. The van der Waals surface area contributed by atoms with E-state index in [2.05, 4.69) is 5.32 Å². The lowest BCUT2D eigenvalue weighted by atomic mass is 10.0. The molecule has 1 aliphatic heterocycles. The normalized spacial score (nSPS) is 13.9. The number of fused-ring (bicyclic) bond motifs is 1. The first-order chi connectivity index (χ1) is 15.3. The van der Waals surface area contributed by atoms with Gasteiger partial charge in [-0.2, -0.15) is 4.31 Å². The van der Waals surface area contributed by atoms with Crippen LogP contribution in [0.1, 0.15) is 11.1 Å². The minimum Gasteiger partial charge on any atom is -0.484 e. The maximum Gasteiger partial charge on any atom is 0.262 e. The molecule has 0 fully saturated rings. The first-order valence-electron chi connectivity index (χ1n) is 9.87. The van der Waals surface area contributed by atoms with E-state index in [9.17, 15) is 17.6 Å². The van der Waals surface area contributed by atoms with Crippen LogP contribution in [-0.4, -0.2) is 31.8 Å². The summed E-state index contributed by atoms with van der Waals surface area (Å²) in [7, 11) is -3.75. The number of benzene rings is 3. The van der Waals surface area contributed by atoms with Gasteiger partial charge in [-0.3, -0.25) is 4.79 Å². The van der Waals surface area contributed by atoms with Crippen LogP contribution in [0.5, 0.6) is 5.75 Å². The Labute approximate surface area is 190 Å². The van der Waals surface area contributed by atoms with Crippen LogP contribution in [0, 0.1) is 5.82 Å². The summed E-state index contributed by atoms with van der Waals surface area (Å²) >= 11 is 5.90. The van der Waals surface area contributed by atoms with E-state index in [4.69, 9.17) is 16.3 Å². The molecule has 0 saturated carbocycles. The number of ether oxygens (including phenoxy) is 1. The van der Waals surface area contributed by atoms with Crippen LogP contribution in [-0.2, 0) is 27.8 Å². The third-order valence-electron chi connectivity index (χ3n) is 5.08. The Bertz CT molecular complexity index is 1250. The molecule has 166 valence electrons. The summed E-state index contributed by atoms with van der Waals surface area (Å²) in [5.41, 5.74) is 2.36. The van der Waals surface area contributed by atoms with Crippen LogP contribution in [0.15, 0.2) is 71.6 Å². The quantitative estimate of drug-likeness (QED) is 0.579. The molecule has 1 heterocycles. The van der Waals surface area contributed by atoms with E-state index in [1.165, 1.54) is 16.4 Å². The zero-order chi connectivity index (χ0) is 22.7.